The summed E-state index contributed by atoms with van der Waals surface area (Å²) in [6.45, 7) is 0. The summed E-state index contributed by atoms with van der Waals surface area (Å²) >= 11 is -0.678. The molecule has 5 rings (SSSR count). The van der Waals surface area contributed by atoms with E-state index < -0.39 is 20.9 Å². The zero-order chi connectivity index (χ0) is 20.9. The van der Waals surface area contributed by atoms with Gasteiger partial charge in [-0.15, -0.1) is 0 Å². The summed E-state index contributed by atoms with van der Waals surface area (Å²) in [5.41, 5.74) is 2.31. The molecular formula is C30H20Te. The molecule has 31 heavy (non-hydrogen) atoms. The first-order valence-electron chi connectivity index (χ1n) is 10.3. The third kappa shape index (κ3) is 4.42. The van der Waals surface area contributed by atoms with Crippen LogP contribution in [0.15, 0.2) is 121 Å². The molecule has 1 heteroatoms. The fraction of sp³-hybridized carbons (Fsp3) is 0. The molecule has 0 amide bonds. The van der Waals surface area contributed by atoms with Gasteiger partial charge in [0, 0.05) is 0 Å². The van der Waals surface area contributed by atoms with Crippen LogP contribution in [0.2, 0.25) is 0 Å². The van der Waals surface area contributed by atoms with E-state index >= 15 is 0 Å². The first kappa shape index (κ1) is 19.7. The maximum atomic E-state index is 3.34. The van der Waals surface area contributed by atoms with Gasteiger partial charge in [0.15, 0.2) is 0 Å². The minimum atomic E-state index is -0.678. The first-order chi connectivity index (χ1) is 15.4. The molecule has 0 aromatic heterocycles. The zero-order valence-corrected chi connectivity index (χ0v) is 19.3. The normalized spacial score (nSPS) is 11.3. The number of allylic oxidation sites excluding steroid dienone is 1. The topological polar surface area (TPSA) is 0 Å². The molecular weight excluding hydrogens is 488 g/mol. The number of fused-ring (bicyclic) bond motifs is 2. The summed E-state index contributed by atoms with van der Waals surface area (Å²) in [6, 6.07) is 40.7. The van der Waals surface area contributed by atoms with Gasteiger partial charge in [0.05, 0.1) is 0 Å². The molecule has 0 aliphatic rings. The van der Waals surface area contributed by atoms with Gasteiger partial charge in [0.2, 0.25) is 0 Å². The van der Waals surface area contributed by atoms with Crippen LogP contribution in [-0.4, -0.2) is 20.9 Å². The summed E-state index contributed by atoms with van der Waals surface area (Å²) < 4.78 is 2.84. The molecule has 0 aliphatic heterocycles. The quantitative estimate of drug-likeness (QED) is 0.150. The van der Waals surface area contributed by atoms with Crippen molar-refractivity contribution in [2.24, 2.45) is 0 Å². The summed E-state index contributed by atoms with van der Waals surface area (Å²) in [6.07, 6.45) is 2.14. The van der Waals surface area contributed by atoms with Crippen LogP contribution >= 0.6 is 0 Å². The van der Waals surface area contributed by atoms with Crippen molar-refractivity contribution in [3.05, 3.63) is 132 Å². The molecule has 0 atom stereocenters. The molecule has 0 aliphatic carbocycles. The Hall–Kier alpha value is -3.29. The van der Waals surface area contributed by atoms with Crippen LogP contribution < -0.4 is 3.61 Å². The van der Waals surface area contributed by atoms with Gasteiger partial charge in [0.1, 0.15) is 0 Å². The molecule has 0 heterocycles. The molecule has 0 N–H and O–H groups in total. The van der Waals surface area contributed by atoms with Crippen LogP contribution in [-0.2, 0) is 0 Å². The molecule has 0 saturated carbocycles. The molecule has 146 valence electrons. The zero-order valence-electron chi connectivity index (χ0n) is 17.0. The van der Waals surface area contributed by atoms with Gasteiger partial charge in [-0.1, -0.05) is 0 Å². The molecule has 0 fully saturated rings. The van der Waals surface area contributed by atoms with Crippen molar-refractivity contribution in [2.75, 3.05) is 0 Å². The van der Waals surface area contributed by atoms with Crippen molar-refractivity contribution >= 4 is 49.7 Å². The fourth-order valence-electron chi connectivity index (χ4n) is 3.67. The molecule has 0 unspecified atom stereocenters. The molecule has 0 radical (unpaired) electrons. The van der Waals surface area contributed by atoms with Crippen LogP contribution in [0.3, 0.4) is 0 Å². The number of hydrogen-bond acceptors (Lipinski definition) is 0. The van der Waals surface area contributed by atoms with Crippen LogP contribution in [0.1, 0.15) is 11.1 Å². The van der Waals surface area contributed by atoms with Crippen LogP contribution in [0.25, 0.3) is 25.2 Å². The van der Waals surface area contributed by atoms with E-state index in [2.05, 4.69) is 115 Å². The number of hydrogen-bond donors (Lipinski definition) is 0. The minimum absolute atomic E-state index is 0.678. The van der Waals surface area contributed by atoms with Gasteiger partial charge < -0.3 is 0 Å². The first-order valence-corrected chi connectivity index (χ1v) is 12.6. The predicted octanol–water partition coefficient (Wildman–Crippen LogP) is 6.42. The van der Waals surface area contributed by atoms with Gasteiger partial charge in [-0.2, -0.15) is 0 Å². The van der Waals surface area contributed by atoms with Gasteiger partial charge >= 0.3 is 194 Å². The number of benzene rings is 5. The Labute approximate surface area is 193 Å². The van der Waals surface area contributed by atoms with Crippen molar-refractivity contribution in [3.63, 3.8) is 0 Å². The molecule has 0 spiro atoms. The van der Waals surface area contributed by atoms with Crippen LogP contribution in [0.4, 0.5) is 0 Å². The van der Waals surface area contributed by atoms with Crippen molar-refractivity contribution in [3.8, 4) is 11.8 Å². The van der Waals surface area contributed by atoms with E-state index in [-0.39, 0.29) is 0 Å². The second-order valence-corrected chi connectivity index (χ2v) is 10.3. The van der Waals surface area contributed by atoms with E-state index in [0.717, 1.165) is 5.56 Å². The van der Waals surface area contributed by atoms with Crippen LogP contribution in [0, 0.1) is 11.8 Å². The van der Waals surface area contributed by atoms with E-state index in [9.17, 15) is 0 Å². The van der Waals surface area contributed by atoms with Crippen molar-refractivity contribution in [1.29, 1.82) is 0 Å². The molecule has 0 bridgehead atoms. The fourth-order valence-corrected chi connectivity index (χ4v) is 7.05. The Bertz CT molecular complexity index is 1380. The van der Waals surface area contributed by atoms with Gasteiger partial charge in [-0.3, -0.25) is 0 Å². The van der Waals surface area contributed by atoms with Crippen molar-refractivity contribution in [1.82, 2.24) is 0 Å². The van der Waals surface area contributed by atoms with E-state index in [0.29, 0.717) is 0 Å². The summed E-state index contributed by atoms with van der Waals surface area (Å²) in [5, 5.41) is 5.34. The van der Waals surface area contributed by atoms with Crippen LogP contribution in [0.5, 0.6) is 0 Å². The third-order valence-corrected chi connectivity index (χ3v) is 8.66. The Morgan fingerprint density at radius 3 is 1.81 bits per heavy atom. The molecule has 5 aromatic carbocycles. The van der Waals surface area contributed by atoms with Crippen molar-refractivity contribution in [2.45, 2.75) is 0 Å². The SMILES string of the molecule is C(#Cc1ccccc1)/C=C(/[Te]c1c2ccccc2cc2ccccc12)c1ccccc1. The molecule has 5 aromatic rings. The Kier molecular flexibility index (Phi) is 5.86. The summed E-state index contributed by atoms with van der Waals surface area (Å²) in [5.74, 6) is 6.64. The Morgan fingerprint density at radius 2 is 1.16 bits per heavy atom. The number of rotatable bonds is 3. The molecule has 0 nitrogen and oxygen atoms in total. The second kappa shape index (κ2) is 9.24. The van der Waals surface area contributed by atoms with E-state index in [1.165, 1.54) is 34.3 Å². The average Bonchev–Trinajstić information content (AvgIpc) is 2.84. The maximum absolute atomic E-state index is 3.34. The van der Waals surface area contributed by atoms with Gasteiger partial charge in [-0.25, -0.2) is 0 Å². The average molecular weight is 508 g/mol. The Morgan fingerprint density at radius 1 is 0.613 bits per heavy atom. The van der Waals surface area contributed by atoms with Gasteiger partial charge in [0.25, 0.3) is 0 Å². The summed E-state index contributed by atoms with van der Waals surface area (Å²) in [4.78, 5) is 0. The summed E-state index contributed by atoms with van der Waals surface area (Å²) in [7, 11) is 0. The predicted molar refractivity (Wildman–Crippen MR) is 135 cm³/mol. The van der Waals surface area contributed by atoms with E-state index in [1.807, 2.05) is 18.2 Å². The second-order valence-electron chi connectivity index (χ2n) is 7.26. The third-order valence-electron chi connectivity index (χ3n) is 5.19. The van der Waals surface area contributed by atoms with Gasteiger partial charge in [-0.05, 0) is 0 Å². The molecule has 0 saturated heterocycles. The van der Waals surface area contributed by atoms with E-state index in [1.54, 1.807) is 0 Å². The van der Waals surface area contributed by atoms with E-state index in [4.69, 9.17) is 0 Å². The van der Waals surface area contributed by atoms with Crippen molar-refractivity contribution < 1.29 is 0 Å². The standard InChI is InChI=1S/C30H20Te/c1-3-12-23(13-4-1)14-11-21-29(24-15-5-2-6-16-24)31-30-27-19-9-7-17-25(27)22-26-18-8-10-20-28(26)30/h1-10,12-13,15-22H/b29-21+. The monoisotopic (exact) mass is 510 g/mol. The Balaban J connectivity index is 1.66.